The quantitative estimate of drug-likeness (QED) is 0.183. The van der Waals surface area contributed by atoms with Crippen molar-refractivity contribution >= 4 is 35.8 Å². The Morgan fingerprint density at radius 3 is 2.69 bits per heavy atom. The Morgan fingerprint density at radius 1 is 1.21 bits per heavy atom. The van der Waals surface area contributed by atoms with E-state index in [-0.39, 0.29) is 29.9 Å². The summed E-state index contributed by atoms with van der Waals surface area (Å²) in [6.07, 6.45) is 6.18. The zero-order valence-electron chi connectivity index (χ0n) is 17.6. The number of aryl methyl sites for hydroxylation is 1. The lowest BCUT2D eigenvalue weighted by molar-refractivity contribution is -0.121. The number of nitrogens with one attached hydrogen (secondary N) is 3. The van der Waals surface area contributed by atoms with E-state index in [0.29, 0.717) is 19.0 Å². The molecule has 2 aliphatic rings. The number of benzene rings is 1. The molecule has 0 bridgehead atoms. The summed E-state index contributed by atoms with van der Waals surface area (Å²) in [6.45, 7) is 7.04. The molecule has 0 aliphatic heterocycles. The first kappa shape index (κ1) is 23.8. The van der Waals surface area contributed by atoms with Crippen LogP contribution in [-0.4, -0.2) is 37.6 Å². The van der Waals surface area contributed by atoms with Crippen LogP contribution in [-0.2, 0) is 11.3 Å². The monoisotopic (exact) mass is 514 g/mol. The van der Waals surface area contributed by atoms with E-state index in [2.05, 4.69) is 48.0 Å². The molecule has 1 aromatic rings. The van der Waals surface area contributed by atoms with Gasteiger partial charge in [0.15, 0.2) is 5.96 Å². The fourth-order valence-electron chi connectivity index (χ4n) is 2.91. The van der Waals surface area contributed by atoms with Gasteiger partial charge in [0.25, 0.3) is 0 Å². The number of hydrogen-bond acceptors (Lipinski definition) is 3. The molecule has 2 fully saturated rings. The standard InChI is InChI=1S/C22H34N4O2.HI/c1-3-23-22(24-12-4-5-21(27)26-19-10-11-19)25-14-18-9-6-16(2)13-20(18)28-15-17-7-8-17;/h6,9,13,17,19H,3-5,7-8,10-12,14-15H2,1-2H3,(H,26,27)(H2,23,24,25);1H. The molecule has 0 heterocycles. The number of carbonyl (C=O) groups is 1. The van der Waals surface area contributed by atoms with Crippen molar-refractivity contribution in [1.29, 1.82) is 0 Å². The molecule has 0 unspecified atom stereocenters. The van der Waals surface area contributed by atoms with Crippen LogP contribution < -0.4 is 20.7 Å². The first-order chi connectivity index (χ1) is 13.6. The number of ether oxygens (including phenoxy) is 1. The van der Waals surface area contributed by atoms with Gasteiger partial charge < -0.3 is 20.7 Å². The maximum Gasteiger partial charge on any atom is 0.220 e. The lowest BCUT2D eigenvalue weighted by Crippen LogP contribution is -2.38. The van der Waals surface area contributed by atoms with Crippen molar-refractivity contribution in [1.82, 2.24) is 16.0 Å². The molecule has 6 nitrogen and oxygen atoms in total. The Kier molecular flexibility index (Phi) is 10.0. The highest BCUT2D eigenvalue weighted by Crippen LogP contribution is 2.31. The number of nitrogens with zero attached hydrogens (tertiary/aromatic N) is 1. The topological polar surface area (TPSA) is 74.8 Å². The molecule has 3 rings (SSSR count). The lowest BCUT2D eigenvalue weighted by atomic mass is 10.1. The van der Waals surface area contributed by atoms with Crippen LogP contribution in [0.25, 0.3) is 0 Å². The van der Waals surface area contributed by atoms with Gasteiger partial charge in [0, 0.05) is 31.1 Å². The molecule has 0 aromatic heterocycles. The number of aliphatic imine (C=N–C) groups is 1. The summed E-state index contributed by atoms with van der Waals surface area (Å²) in [5.41, 5.74) is 2.31. The van der Waals surface area contributed by atoms with Crippen molar-refractivity contribution in [2.24, 2.45) is 10.9 Å². The zero-order chi connectivity index (χ0) is 19.8. The maximum atomic E-state index is 11.8. The molecule has 0 saturated heterocycles. The molecule has 0 spiro atoms. The van der Waals surface area contributed by atoms with Crippen LogP contribution in [0.1, 0.15) is 56.6 Å². The van der Waals surface area contributed by atoms with Gasteiger partial charge in [-0.15, -0.1) is 24.0 Å². The molecule has 162 valence electrons. The third-order valence-electron chi connectivity index (χ3n) is 4.96. The van der Waals surface area contributed by atoms with Crippen LogP contribution in [0, 0.1) is 12.8 Å². The van der Waals surface area contributed by atoms with Gasteiger partial charge in [0.2, 0.25) is 5.91 Å². The van der Waals surface area contributed by atoms with E-state index in [0.717, 1.165) is 62.1 Å². The maximum absolute atomic E-state index is 11.8. The summed E-state index contributed by atoms with van der Waals surface area (Å²) in [5, 5.41) is 9.62. The Hall–Kier alpha value is -1.51. The van der Waals surface area contributed by atoms with E-state index < -0.39 is 0 Å². The average molecular weight is 514 g/mol. The van der Waals surface area contributed by atoms with Gasteiger partial charge in [-0.25, -0.2) is 4.99 Å². The van der Waals surface area contributed by atoms with Crippen LogP contribution in [0.3, 0.4) is 0 Å². The summed E-state index contributed by atoms with van der Waals surface area (Å²) in [4.78, 5) is 16.5. The van der Waals surface area contributed by atoms with Gasteiger partial charge in [-0.3, -0.25) is 4.79 Å². The Morgan fingerprint density at radius 2 is 2.00 bits per heavy atom. The smallest absolute Gasteiger partial charge is 0.220 e. The first-order valence-corrected chi connectivity index (χ1v) is 10.7. The summed E-state index contributed by atoms with van der Waals surface area (Å²) in [7, 11) is 0. The number of rotatable bonds is 11. The number of amides is 1. The second-order valence-corrected chi connectivity index (χ2v) is 7.93. The molecule has 0 radical (unpaired) electrons. The van der Waals surface area contributed by atoms with E-state index in [9.17, 15) is 4.79 Å². The second kappa shape index (κ2) is 12.2. The van der Waals surface area contributed by atoms with Crippen LogP contribution in [0.4, 0.5) is 0 Å². The van der Waals surface area contributed by atoms with Crippen molar-refractivity contribution in [3.63, 3.8) is 0 Å². The molecule has 1 amide bonds. The number of halogens is 1. The fourth-order valence-corrected chi connectivity index (χ4v) is 2.91. The van der Waals surface area contributed by atoms with Crippen LogP contribution in [0.15, 0.2) is 23.2 Å². The Labute approximate surface area is 191 Å². The summed E-state index contributed by atoms with van der Waals surface area (Å²) < 4.78 is 6.04. The first-order valence-electron chi connectivity index (χ1n) is 10.7. The van der Waals surface area contributed by atoms with Gasteiger partial charge in [0.05, 0.1) is 13.2 Å². The van der Waals surface area contributed by atoms with E-state index in [1.54, 1.807) is 0 Å². The number of hydrogen-bond donors (Lipinski definition) is 3. The van der Waals surface area contributed by atoms with Gasteiger partial charge in [0.1, 0.15) is 5.75 Å². The second-order valence-electron chi connectivity index (χ2n) is 7.93. The minimum absolute atomic E-state index is 0. The molecule has 29 heavy (non-hydrogen) atoms. The third kappa shape index (κ3) is 9.23. The van der Waals surface area contributed by atoms with Crippen molar-refractivity contribution < 1.29 is 9.53 Å². The van der Waals surface area contributed by atoms with E-state index >= 15 is 0 Å². The van der Waals surface area contributed by atoms with E-state index in [1.807, 2.05) is 0 Å². The van der Waals surface area contributed by atoms with Crippen molar-refractivity contribution in [3.8, 4) is 5.75 Å². The average Bonchev–Trinajstić information content (AvgIpc) is 3.58. The van der Waals surface area contributed by atoms with Crippen molar-refractivity contribution in [2.45, 2.75) is 65.0 Å². The molecule has 3 N–H and O–H groups in total. The summed E-state index contributed by atoms with van der Waals surface area (Å²) >= 11 is 0. The summed E-state index contributed by atoms with van der Waals surface area (Å²) in [6, 6.07) is 6.75. The molecule has 2 aliphatic carbocycles. The molecule has 0 atom stereocenters. The molecule has 2 saturated carbocycles. The van der Waals surface area contributed by atoms with Crippen LogP contribution in [0.5, 0.6) is 5.75 Å². The van der Waals surface area contributed by atoms with Gasteiger partial charge in [-0.1, -0.05) is 12.1 Å². The Balaban J connectivity index is 0.00000300. The molecule has 7 heteroatoms. The fraction of sp³-hybridized carbons (Fsp3) is 0.636. The molecular formula is C22H35IN4O2. The third-order valence-corrected chi connectivity index (χ3v) is 4.96. The highest BCUT2D eigenvalue weighted by molar-refractivity contribution is 14.0. The van der Waals surface area contributed by atoms with Crippen molar-refractivity contribution in [2.75, 3.05) is 19.7 Å². The van der Waals surface area contributed by atoms with Crippen LogP contribution in [0.2, 0.25) is 0 Å². The minimum atomic E-state index is 0. The molecular weight excluding hydrogens is 479 g/mol. The Bertz CT molecular complexity index is 687. The number of carbonyl (C=O) groups excluding carboxylic acids is 1. The minimum Gasteiger partial charge on any atom is -0.493 e. The highest BCUT2D eigenvalue weighted by atomic mass is 127. The number of guanidine groups is 1. The SMILES string of the molecule is CCNC(=NCc1ccc(C)cc1OCC1CC1)NCCCC(=O)NC1CC1.I. The van der Waals surface area contributed by atoms with Gasteiger partial charge in [-0.2, -0.15) is 0 Å². The van der Waals surface area contributed by atoms with Crippen LogP contribution >= 0.6 is 24.0 Å². The van der Waals surface area contributed by atoms with Gasteiger partial charge >= 0.3 is 0 Å². The predicted octanol–water partition coefficient (Wildman–Crippen LogP) is 3.52. The molecule has 1 aromatic carbocycles. The normalized spacial score (nSPS) is 16.0. The van der Waals surface area contributed by atoms with Crippen molar-refractivity contribution in [3.05, 3.63) is 29.3 Å². The lowest BCUT2D eigenvalue weighted by Gasteiger charge is -2.13. The zero-order valence-corrected chi connectivity index (χ0v) is 20.0. The van der Waals surface area contributed by atoms with Gasteiger partial charge in [-0.05, 0) is 63.5 Å². The predicted molar refractivity (Wildman–Crippen MR) is 128 cm³/mol. The highest BCUT2D eigenvalue weighted by Gasteiger charge is 2.23. The summed E-state index contributed by atoms with van der Waals surface area (Å²) in [5.74, 6) is 2.61. The van der Waals surface area contributed by atoms with E-state index in [4.69, 9.17) is 9.73 Å². The van der Waals surface area contributed by atoms with E-state index in [1.165, 1.54) is 18.4 Å². The largest absolute Gasteiger partial charge is 0.493 e.